The molecule has 2 amide bonds. The number of aliphatic hydroxyl groups excluding tert-OH is 1. The van der Waals surface area contributed by atoms with Gasteiger partial charge in [0.15, 0.2) is 6.29 Å². The molecule has 1 aromatic heterocycles. The van der Waals surface area contributed by atoms with E-state index in [0.717, 1.165) is 72.1 Å². The van der Waals surface area contributed by atoms with Crippen molar-refractivity contribution in [1.29, 1.82) is 0 Å². The van der Waals surface area contributed by atoms with Crippen LogP contribution in [0.15, 0.2) is 116 Å². The summed E-state index contributed by atoms with van der Waals surface area (Å²) >= 11 is 0. The number of aliphatic hydroxyl groups is 1. The molecule has 0 bridgehead atoms. The maximum Gasteiger partial charge on any atom is 0.225 e. The lowest BCUT2D eigenvalue weighted by Gasteiger charge is -2.40. The molecule has 12 heteroatoms. The van der Waals surface area contributed by atoms with Crippen LogP contribution in [-0.2, 0) is 32.2 Å². The van der Waals surface area contributed by atoms with Crippen molar-refractivity contribution >= 4 is 29.1 Å². The molecular formula is C44H49N7O5. The first-order chi connectivity index (χ1) is 27.4. The number of ether oxygens (including phenoxy) is 2. The number of para-hydroxylation sites is 2. The van der Waals surface area contributed by atoms with Crippen molar-refractivity contribution in [2.75, 3.05) is 48.7 Å². The number of carbonyl (C=O) groups excluding carboxylic acids is 2. The highest BCUT2D eigenvalue weighted by Gasteiger charge is 2.34. The van der Waals surface area contributed by atoms with Crippen LogP contribution >= 0.6 is 0 Å². The Morgan fingerprint density at radius 1 is 0.786 bits per heavy atom. The normalized spacial score (nSPS) is 18.7. The van der Waals surface area contributed by atoms with E-state index in [1.54, 1.807) is 24.5 Å². The van der Waals surface area contributed by atoms with Gasteiger partial charge in [0, 0.05) is 76.5 Å². The van der Waals surface area contributed by atoms with Crippen molar-refractivity contribution < 1.29 is 24.2 Å². The van der Waals surface area contributed by atoms with Gasteiger partial charge in [0.2, 0.25) is 17.8 Å². The Morgan fingerprint density at radius 2 is 1.48 bits per heavy atom. The highest BCUT2D eigenvalue weighted by atomic mass is 16.7. The Hall–Kier alpha value is -5.66. The number of nitrogen functional groups attached to an aromatic ring is 1. The van der Waals surface area contributed by atoms with Crippen LogP contribution in [0.4, 0.5) is 17.3 Å². The Morgan fingerprint density at radius 3 is 2.23 bits per heavy atom. The molecule has 3 atom stereocenters. The van der Waals surface area contributed by atoms with Gasteiger partial charge in [0.25, 0.3) is 0 Å². The quantitative estimate of drug-likeness (QED) is 0.0991. The number of amides is 2. The van der Waals surface area contributed by atoms with Gasteiger partial charge in [0.1, 0.15) is 0 Å². The zero-order valence-electron chi connectivity index (χ0n) is 31.4. The van der Waals surface area contributed by atoms with E-state index in [9.17, 15) is 14.7 Å². The number of nitrogens with one attached hydrogen (secondary N) is 2. The second-order valence-electron chi connectivity index (χ2n) is 14.2. The molecular weight excluding hydrogens is 707 g/mol. The number of aromatic nitrogens is 2. The highest BCUT2D eigenvalue weighted by Crippen LogP contribution is 2.39. The minimum Gasteiger partial charge on any atom is -0.397 e. The minimum absolute atomic E-state index is 0.00574. The lowest BCUT2D eigenvalue weighted by Crippen LogP contribution is -2.50. The third kappa shape index (κ3) is 10.1. The van der Waals surface area contributed by atoms with Crippen molar-refractivity contribution in [3.63, 3.8) is 0 Å². The van der Waals surface area contributed by atoms with Gasteiger partial charge in [-0.3, -0.25) is 14.5 Å². The van der Waals surface area contributed by atoms with E-state index in [4.69, 9.17) is 15.2 Å². The first kappa shape index (κ1) is 38.6. The fourth-order valence-corrected chi connectivity index (χ4v) is 7.20. The summed E-state index contributed by atoms with van der Waals surface area (Å²) in [6, 6.07) is 33.2. The molecule has 290 valence electrons. The molecule has 2 fully saturated rings. The van der Waals surface area contributed by atoms with Gasteiger partial charge in [-0.05, 0) is 52.4 Å². The number of piperazine rings is 1. The van der Waals surface area contributed by atoms with Crippen LogP contribution in [0.1, 0.15) is 60.3 Å². The Labute approximate surface area is 327 Å². The van der Waals surface area contributed by atoms with Crippen molar-refractivity contribution in [3.8, 4) is 11.1 Å². The van der Waals surface area contributed by atoms with E-state index < -0.39 is 6.29 Å². The SMILES string of the molecule is Nc1ccccc1NC(=O)CCCC(=O)NCc1ccccc1-c1ccc([C@H]2O[C@@H](CN3CCN(c4ncccn4)CC3)C[C@@H](c3ccc(CO)cc3)O2)cc1. The molecule has 7 rings (SSSR count). The van der Waals surface area contributed by atoms with Gasteiger partial charge < -0.3 is 35.8 Å². The maximum atomic E-state index is 12.8. The van der Waals surface area contributed by atoms with Crippen LogP contribution in [-0.4, -0.2) is 70.6 Å². The maximum absolute atomic E-state index is 12.8. The summed E-state index contributed by atoms with van der Waals surface area (Å²) in [4.78, 5) is 38.6. The Balaban J connectivity index is 0.967. The van der Waals surface area contributed by atoms with E-state index in [0.29, 0.717) is 30.8 Å². The molecule has 0 saturated carbocycles. The number of rotatable bonds is 14. The molecule has 2 aliphatic heterocycles. The fourth-order valence-electron chi connectivity index (χ4n) is 7.20. The smallest absolute Gasteiger partial charge is 0.225 e. The average molecular weight is 756 g/mol. The average Bonchev–Trinajstić information content (AvgIpc) is 3.24. The van der Waals surface area contributed by atoms with Gasteiger partial charge >= 0.3 is 0 Å². The molecule has 12 nitrogen and oxygen atoms in total. The number of hydrogen-bond acceptors (Lipinski definition) is 10. The first-order valence-electron chi connectivity index (χ1n) is 19.3. The number of anilines is 3. The predicted octanol–water partition coefficient (Wildman–Crippen LogP) is 6.01. The molecule has 0 spiro atoms. The lowest BCUT2D eigenvalue weighted by molar-refractivity contribution is -0.253. The molecule has 5 aromatic rings. The van der Waals surface area contributed by atoms with Crippen LogP contribution < -0.4 is 21.3 Å². The second-order valence-corrected chi connectivity index (χ2v) is 14.2. The van der Waals surface area contributed by atoms with Gasteiger partial charge in [-0.25, -0.2) is 9.97 Å². The summed E-state index contributed by atoms with van der Waals surface area (Å²) in [6.45, 7) is 4.60. The van der Waals surface area contributed by atoms with Crippen molar-refractivity contribution in [2.45, 2.75) is 57.3 Å². The molecule has 5 N–H and O–H groups in total. The molecule has 4 aromatic carbocycles. The summed E-state index contributed by atoms with van der Waals surface area (Å²) < 4.78 is 13.3. The standard InChI is InChI=1S/C44H49N7O5/c45-38-9-3-4-10-39(38)49-42(54)12-5-11-41(53)48-28-35-7-1-2-8-37(35)32-17-19-34(20-18-32)43-55-36(27-40(56-43)33-15-13-31(30-52)14-16-33)29-50-23-25-51(26-24-50)44-46-21-6-22-47-44/h1-4,6-10,13-22,36,40,43,52H,5,11-12,23-30,45H2,(H,48,53)(H,49,54)/t36-,40+,43+/m1/s1. The van der Waals surface area contributed by atoms with E-state index in [-0.39, 0.29) is 43.5 Å². The largest absolute Gasteiger partial charge is 0.397 e. The van der Waals surface area contributed by atoms with E-state index in [2.05, 4.69) is 60.7 Å². The predicted molar refractivity (Wildman–Crippen MR) is 216 cm³/mol. The van der Waals surface area contributed by atoms with Crippen molar-refractivity contribution in [2.24, 2.45) is 0 Å². The number of benzene rings is 4. The molecule has 56 heavy (non-hydrogen) atoms. The third-order valence-electron chi connectivity index (χ3n) is 10.3. The monoisotopic (exact) mass is 755 g/mol. The summed E-state index contributed by atoms with van der Waals surface area (Å²) in [6.07, 6.45) is 4.36. The molecule has 3 heterocycles. The summed E-state index contributed by atoms with van der Waals surface area (Å²) in [5.41, 5.74) is 12.9. The fraction of sp³-hybridized carbons (Fsp3) is 0.318. The number of nitrogens with zero attached hydrogens (tertiary/aromatic N) is 4. The van der Waals surface area contributed by atoms with Crippen LogP contribution in [0, 0.1) is 0 Å². The van der Waals surface area contributed by atoms with Gasteiger partial charge in [-0.1, -0.05) is 84.9 Å². The molecule has 0 aliphatic carbocycles. The summed E-state index contributed by atoms with van der Waals surface area (Å²) in [5, 5.41) is 15.4. The minimum atomic E-state index is -0.564. The Bertz CT molecular complexity index is 2040. The molecule has 2 aliphatic rings. The van der Waals surface area contributed by atoms with Crippen LogP contribution in [0.2, 0.25) is 0 Å². The topological polar surface area (TPSA) is 155 Å². The van der Waals surface area contributed by atoms with Crippen LogP contribution in [0.3, 0.4) is 0 Å². The number of nitrogens with two attached hydrogens (primary N) is 1. The van der Waals surface area contributed by atoms with E-state index in [1.165, 1.54) is 0 Å². The van der Waals surface area contributed by atoms with Crippen molar-refractivity contribution in [3.05, 3.63) is 138 Å². The van der Waals surface area contributed by atoms with Gasteiger partial charge in [-0.15, -0.1) is 0 Å². The third-order valence-corrected chi connectivity index (χ3v) is 10.3. The zero-order valence-corrected chi connectivity index (χ0v) is 31.4. The molecule has 0 unspecified atom stereocenters. The van der Waals surface area contributed by atoms with Gasteiger partial charge in [-0.2, -0.15) is 0 Å². The lowest BCUT2D eigenvalue weighted by atomic mass is 9.97. The van der Waals surface area contributed by atoms with E-state index in [1.807, 2.05) is 60.7 Å². The summed E-state index contributed by atoms with van der Waals surface area (Å²) in [5.74, 6) is 0.474. The first-order valence-corrected chi connectivity index (χ1v) is 19.3. The molecule has 0 radical (unpaired) electrons. The second kappa shape index (κ2) is 18.8. The van der Waals surface area contributed by atoms with E-state index >= 15 is 0 Å². The number of hydrogen-bond donors (Lipinski definition) is 4. The molecule has 2 saturated heterocycles. The number of carbonyl (C=O) groups is 2. The van der Waals surface area contributed by atoms with Crippen LogP contribution in [0.5, 0.6) is 0 Å². The Kier molecular flexibility index (Phi) is 13.0. The van der Waals surface area contributed by atoms with Gasteiger partial charge in [0.05, 0.1) is 30.2 Å². The van der Waals surface area contributed by atoms with Crippen LogP contribution in [0.25, 0.3) is 11.1 Å². The summed E-state index contributed by atoms with van der Waals surface area (Å²) in [7, 11) is 0. The zero-order chi connectivity index (χ0) is 38.7. The highest BCUT2D eigenvalue weighted by molar-refractivity contribution is 5.94. The van der Waals surface area contributed by atoms with Crippen molar-refractivity contribution in [1.82, 2.24) is 20.2 Å².